The van der Waals surface area contributed by atoms with Gasteiger partial charge in [-0.1, -0.05) is 158 Å². The van der Waals surface area contributed by atoms with Crippen molar-refractivity contribution in [3.8, 4) is 33.4 Å². The summed E-state index contributed by atoms with van der Waals surface area (Å²) in [4.78, 5) is 2.35. The molecule has 0 fully saturated rings. The maximum Gasteiger partial charge on any atom is 0.143 e. The van der Waals surface area contributed by atoms with E-state index in [-0.39, 0.29) is 0 Å². The molecule has 0 bridgehead atoms. The first-order valence-corrected chi connectivity index (χ1v) is 20.1. The molecule has 0 unspecified atom stereocenters. The van der Waals surface area contributed by atoms with Gasteiger partial charge in [-0.05, 0) is 98.6 Å². The van der Waals surface area contributed by atoms with Crippen molar-refractivity contribution in [3.05, 3.63) is 212 Å². The number of hydrogen-bond acceptors (Lipinski definition) is 3. The van der Waals surface area contributed by atoms with E-state index in [0.29, 0.717) is 0 Å². The summed E-state index contributed by atoms with van der Waals surface area (Å²) < 4.78 is 13.3. The first kappa shape index (κ1) is 33.3. The van der Waals surface area contributed by atoms with Crippen LogP contribution in [0.15, 0.2) is 221 Å². The fourth-order valence-corrected chi connectivity index (χ4v) is 9.04. The minimum Gasteiger partial charge on any atom is -0.456 e. The van der Waals surface area contributed by atoms with Gasteiger partial charge in [-0.3, -0.25) is 0 Å². The second-order valence-electron chi connectivity index (χ2n) is 15.2. The van der Waals surface area contributed by atoms with Crippen molar-refractivity contribution in [1.29, 1.82) is 0 Å². The van der Waals surface area contributed by atoms with E-state index in [4.69, 9.17) is 8.83 Å². The van der Waals surface area contributed by atoms with Crippen LogP contribution in [0.3, 0.4) is 0 Å². The molecule has 12 rings (SSSR count). The topological polar surface area (TPSA) is 29.5 Å². The van der Waals surface area contributed by atoms with E-state index in [2.05, 4.69) is 205 Å². The third-order valence-electron chi connectivity index (χ3n) is 11.9. The number of benzene rings is 10. The maximum absolute atomic E-state index is 6.88. The van der Waals surface area contributed by atoms with Crippen LogP contribution in [0.1, 0.15) is 0 Å². The number of anilines is 3. The summed E-state index contributed by atoms with van der Waals surface area (Å²) in [6.07, 6.45) is 0. The van der Waals surface area contributed by atoms with Crippen LogP contribution in [-0.2, 0) is 0 Å². The Balaban J connectivity index is 1.01. The van der Waals surface area contributed by atoms with Crippen molar-refractivity contribution in [1.82, 2.24) is 0 Å². The molecule has 10 aromatic carbocycles. The molecular formula is C56H35NO2. The third-order valence-corrected chi connectivity index (χ3v) is 11.9. The van der Waals surface area contributed by atoms with Crippen LogP contribution in [0.2, 0.25) is 0 Å². The smallest absolute Gasteiger partial charge is 0.143 e. The summed E-state index contributed by atoms with van der Waals surface area (Å²) in [5, 5.41) is 9.10. The van der Waals surface area contributed by atoms with Crippen LogP contribution in [0.5, 0.6) is 0 Å². The number of hydrogen-bond donors (Lipinski definition) is 0. The molecule has 0 N–H and O–H groups in total. The molecule has 0 radical (unpaired) electrons. The van der Waals surface area contributed by atoms with Gasteiger partial charge in [0.05, 0.1) is 11.1 Å². The largest absolute Gasteiger partial charge is 0.456 e. The molecule has 0 spiro atoms. The highest BCUT2D eigenvalue weighted by Gasteiger charge is 2.21. The summed E-state index contributed by atoms with van der Waals surface area (Å²) in [5.41, 5.74) is 13.7. The molecule has 59 heavy (non-hydrogen) atoms. The Labute approximate surface area is 340 Å². The molecule has 0 aliphatic heterocycles. The molecule has 2 aromatic heterocycles. The van der Waals surface area contributed by atoms with Gasteiger partial charge in [0.2, 0.25) is 0 Å². The zero-order valence-corrected chi connectivity index (χ0v) is 32.0. The zero-order chi connectivity index (χ0) is 38.9. The fraction of sp³-hybridized carbons (Fsp3) is 0. The average molecular weight is 754 g/mol. The monoisotopic (exact) mass is 753 g/mol. The van der Waals surface area contributed by atoms with Gasteiger partial charge < -0.3 is 13.7 Å². The van der Waals surface area contributed by atoms with Crippen LogP contribution >= 0.6 is 0 Å². The zero-order valence-electron chi connectivity index (χ0n) is 32.0. The SMILES string of the molecule is c1ccc(-c2ccc(N(c3ccc(-c4cc5c6cccc(-c7ccc8ccccc8c7)c6oc5c5ccccc45)cc3)c3cccc4oc5ccccc5c34)cc2)cc1. The molecule has 0 amide bonds. The predicted octanol–water partition coefficient (Wildman–Crippen LogP) is 16.3. The van der Waals surface area contributed by atoms with E-state index in [1.807, 2.05) is 12.1 Å². The minimum atomic E-state index is 0.863. The molecule has 12 aromatic rings. The molecule has 2 heterocycles. The van der Waals surface area contributed by atoms with E-state index >= 15 is 0 Å². The lowest BCUT2D eigenvalue weighted by Crippen LogP contribution is -2.10. The minimum absolute atomic E-state index is 0.863. The quantitative estimate of drug-likeness (QED) is 0.169. The molecule has 3 heteroatoms. The van der Waals surface area contributed by atoms with E-state index in [1.165, 1.54) is 27.5 Å². The van der Waals surface area contributed by atoms with Crippen molar-refractivity contribution in [2.75, 3.05) is 4.90 Å². The third kappa shape index (κ3) is 5.44. The molecule has 3 nitrogen and oxygen atoms in total. The molecule has 0 atom stereocenters. The summed E-state index contributed by atoms with van der Waals surface area (Å²) in [6, 6.07) is 75.6. The summed E-state index contributed by atoms with van der Waals surface area (Å²) in [5.74, 6) is 0. The van der Waals surface area contributed by atoms with Crippen molar-refractivity contribution < 1.29 is 8.83 Å². The van der Waals surface area contributed by atoms with Gasteiger partial charge in [-0.2, -0.15) is 0 Å². The van der Waals surface area contributed by atoms with Crippen LogP contribution < -0.4 is 4.90 Å². The number of furan rings is 2. The predicted molar refractivity (Wildman–Crippen MR) is 247 cm³/mol. The maximum atomic E-state index is 6.88. The Morgan fingerprint density at radius 2 is 0.898 bits per heavy atom. The number of nitrogens with zero attached hydrogens (tertiary/aromatic N) is 1. The Hall–Kier alpha value is -7.88. The van der Waals surface area contributed by atoms with Gasteiger partial charge in [-0.15, -0.1) is 0 Å². The number of para-hydroxylation sites is 2. The summed E-state index contributed by atoms with van der Waals surface area (Å²) in [6.45, 7) is 0. The molecule has 0 aliphatic carbocycles. The van der Waals surface area contributed by atoms with Crippen LogP contribution in [0.4, 0.5) is 17.1 Å². The van der Waals surface area contributed by atoms with Crippen molar-refractivity contribution in [2.24, 2.45) is 0 Å². The Kier molecular flexibility index (Phi) is 7.54. The Bertz CT molecular complexity index is 3540. The van der Waals surface area contributed by atoms with Crippen LogP contribution in [-0.4, -0.2) is 0 Å². The molecule has 276 valence electrons. The van der Waals surface area contributed by atoms with E-state index < -0.39 is 0 Å². The molecule has 0 saturated heterocycles. The van der Waals surface area contributed by atoms with Crippen molar-refractivity contribution in [3.63, 3.8) is 0 Å². The second kappa shape index (κ2) is 13.4. The van der Waals surface area contributed by atoms with Gasteiger partial charge in [0.25, 0.3) is 0 Å². The average Bonchev–Trinajstić information content (AvgIpc) is 3.89. The van der Waals surface area contributed by atoms with E-state index in [0.717, 1.165) is 88.4 Å². The van der Waals surface area contributed by atoms with Gasteiger partial charge in [-0.25, -0.2) is 0 Å². The Morgan fingerprint density at radius 3 is 1.71 bits per heavy atom. The van der Waals surface area contributed by atoms with Crippen LogP contribution in [0.25, 0.3) is 98.8 Å². The number of rotatable bonds is 6. The summed E-state index contributed by atoms with van der Waals surface area (Å²) in [7, 11) is 0. The highest BCUT2D eigenvalue weighted by Crippen LogP contribution is 2.46. The standard InChI is InChI=1S/C56H35NO2/c1-2-12-36(13-3-1)38-26-30-42(31-27-38)57(51-21-11-23-53-54(51)48-18-8-9-22-52(48)58-53)43-32-28-39(29-33-43)49-35-50-47-20-10-19-44(41-25-24-37-14-4-5-15-40(37)34-41)55(47)59-56(50)46-17-7-6-16-45(46)49/h1-35H. The van der Waals surface area contributed by atoms with Crippen LogP contribution in [0, 0.1) is 0 Å². The molecule has 0 saturated carbocycles. The van der Waals surface area contributed by atoms with Crippen molar-refractivity contribution >= 4 is 82.5 Å². The van der Waals surface area contributed by atoms with E-state index in [1.54, 1.807) is 0 Å². The van der Waals surface area contributed by atoms with Gasteiger partial charge >= 0.3 is 0 Å². The molecule has 0 aliphatic rings. The lowest BCUT2D eigenvalue weighted by atomic mass is 9.94. The normalized spacial score (nSPS) is 11.7. The first-order chi connectivity index (χ1) is 29.2. The Morgan fingerprint density at radius 1 is 0.305 bits per heavy atom. The lowest BCUT2D eigenvalue weighted by molar-refractivity contribution is 0.669. The van der Waals surface area contributed by atoms with Gasteiger partial charge in [0, 0.05) is 38.5 Å². The molecular weight excluding hydrogens is 719 g/mol. The lowest BCUT2D eigenvalue weighted by Gasteiger charge is -2.26. The van der Waals surface area contributed by atoms with Crippen molar-refractivity contribution in [2.45, 2.75) is 0 Å². The first-order valence-electron chi connectivity index (χ1n) is 20.1. The highest BCUT2D eigenvalue weighted by atomic mass is 16.3. The second-order valence-corrected chi connectivity index (χ2v) is 15.2. The highest BCUT2D eigenvalue weighted by molar-refractivity contribution is 6.21. The van der Waals surface area contributed by atoms with Gasteiger partial charge in [0.15, 0.2) is 0 Å². The van der Waals surface area contributed by atoms with E-state index in [9.17, 15) is 0 Å². The fourth-order valence-electron chi connectivity index (χ4n) is 9.04. The number of fused-ring (bicyclic) bond motifs is 9. The van der Waals surface area contributed by atoms with Gasteiger partial charge in [0.1, 0.15) is 22.3 Å². The summed E-state index contributed by atoms with van der Waals surface area (Å²) >= 11 is 0.